The summed E-state index contributed by atoms with van der Waals surface area (Å²) in [4.78, 5) is 0.837. The Labute approximate surface area is 109 Å². The average molecular weight is 258 g/mol. The average Bonchev–Trinajstić information content (AvgIpc) is 3.20. The summed E-state index contributed by atoms with van der Waals surface area (Å²) < 4.78 is 17.8. The molecule has 1 aliphatic rings. The summed E-state index contributed by atoms with van der Waals surface area (Å²) in [6, 6.07) is 17.7. The van der Waals surface area contributed by atoms with E-state index >= 15 is 0 Å². The Hall–Kier alpha value is -1.45. The van der Waals surface area contributed by atoms with E-state index < -0.39 is 10.8 Å². The number of rotatable bonds is 3. The topological polar surface area (TPSA) is 29.6 Å². The van der Waals surface area contributed by atoms with Crippen molar-refractivity contribution in [2.45, 2.75) is 23.4 Å². The van der Waals surface area contributed by atoms with Crippen LogP contribution in [0, 0.1) is 6.92 Å². The fourth-order valence-corrected chi connectivity index (χ4v) is 3.22. The molecule has 2 nitrogen and oxygen atoms in total. The number of ether oxygens (including phenoxy) is 1. The van der Waals surface area contributed by atoms with Gasteiger partial charge in [-0.1, -0.05) is 48.0 Å². The zero-order valence-corrected chi connectivity index (χ0v) is 10.9. The van der Waals surface area contributed by atoms with E-state index in [1.807, 2.05) is 61.5 Å². The SMILES string of the molecule is Cc1ccc(S(=O)[C@@H]2O[C@H]2c2ccccc2)cc1. The lowest BCUT2D eigenvalue weighted by Gasteiger charge is -1.99. The Morgan fingerprint density at radius 1 is 1.00 bits per heavy atom. The van der Waals surface area contributed by atoms with Gasteiger partial charge in [0.25, 0.3) is 0 Å². The molecule has 0 aromatic heterocycles. The van der Waals surface area contributed by atoms with Gasteiger partial charge in [-0.25, -0.2) is 0 Å². The van der Waals surface area contributed by atoms with Crippen LogP contribution in [0.4, 0.5) is 0 Å². The number of hydrogen-bond acceptors (Lipinski definition) is 2. The van der Waals surface area contributed by atoms with Crippen molar-refractivity contribution in [2.24, 2.45) is 0 Å². The molecule has 18 heavy (non-hydrogen) atoms. The smallest absolute Gasteiger partial charge is 0.168 e. The molecule has 1 unspecified atom stereocenters. The molecular formula is C15H14O2S. The zero-order valence-electron chi connectivity index (χ0n) is 10.1. The first-order valence-corrected chi connectivity index (χ1v) is 7.14. The van der Waals surface area contributed by atoms with Gasteiger partial charge in [-0.05, 0) is 24.6 Å². The summed E-state index contributed by atoms with van der Waals surface area (Å²) in [5.74, 6) is 0. The van der Waals surface area contributed by atoms with Crippen LogP contribution in [0.3, 0.4) is 0 Å². The monoisotopic (exact) mass is 258 g/mol. The number of hydrogen-bond donors (Lipinski definition) is 0. The maximum absolute atomic E-state index is 12.3. The molecule has 0 spiro atoms. The Balaban J connectivity index is 1.75. The molecule has 0 radical (unpaired) electrons. The Kier molecular flexibility index (Phi) is 3.02. The van der Waals surface area contributed by atoms with Crippen molar-refractivity contribution >= 4 is 10.8 Å². The maximum Gasteiger partial charge on any atom is 0.168 e. The molecule has 0 saturated carbocycles. The van der Waals surface area contributed by atoms with E-state index in [1.54, 1.807) is 0 Å². The van der Waals surface area contributed by atoms with Crippen LogP contribution in [0.2, 0.25) is 0 Å². The van der Waals surface area contributed by atoms with Crippen LogP contribution in [0.25, 0.3) is 0 Å². The Morgan fingerprint density at radius 3 is 2.33 bits per heavy atom. The third-order valence-electron chi connectivity index (χ3n) is 3.04. The highest BCUT2D eigenvalue weighted by atomic mass is 32.2. The molecule has 1 heterocycles. The van der Waals surface area contributed by atoms with Gasteiger partial charge < -0.3 is 4.74 Å². The van der Waals surface area contributed by atoms with Crippen LogP contribution in [-0.2, 0) is 15.5 Å². The lowest BCUT2D eigenvalue weighted by molar-refractivity contribution is 0.403. The minimum atomic E-state index is -1.09. The van der Waals surface area contributed by atoms with E-state index in [9.17, 15) is 4.21 Å². The quantitative estimate of drug-likeness (QED) is 0.791. The van der Waals surface area contributed by atoms with E-state index in [4.69, 9.17) is 4.74 Å². The highest BCUT2D eigenvalue weighted by Gasteiger charge is 2.45. The summed E-state index contributed by atoms with van der Waals surface area (Å²) in [6.45, 7) is 2.02. The van der Waals surface area contributed by atoms with Crippen molar-refractivity contribution in [2.75, 3.05) is 0 Å². The number of aryl methyl sites for hydroxylation is 1. The van der Waals surface area contributed by atoms with Crippen LogP contribution in [-0.4, -0.2) is 9.64 Å². The van der Waals surface area contributed by atoms with Crippen molar-refractivity contribution in [3.8, 4) is 0 Å². The van der Waals surface area contributed by atoms with Gasteiger partial charge in [0.1, 0.15) is 6.10 Å². The van der Waals surface area contributed by atoms with E-state index in [1.165, 1.54) is 5.56 Å². The summed E-state index contributed by atoms with van der Waals surface area (Å²) in [5.41, 5.74) is 2.07. The van der Waals surface area contributed by atoms with Crippen LogP contribution in [0.15, 0.2) is 59.5 Å². The van der Waals surface area contributed by atoms with Gasteiger partial charge in [0, 0.05) is 4.90 Å². The van der Waals surface area contributed by atoms with Crippen molar-refractivity contribution in [3.05, 3.63) is 65.7 Å². The Morgan fingerprint density at radius 2 is 1.67 bits per heavy atom. The van der Waals surface area contributed by atoms with E-state index in [0.29, 0.717) is 0 Å². The second-order valence-corrected chi connectivity index (χ2v) is 5.98. The molecular weight excluding hydrogens is 244 g/mol. The molecule has 2 aromatic rings. The van der Waals surface area contributed by atoms with Crippen LogP contribution >= 0.6 is 0 Å². The second kappa shape index (κ2) is 4.67. The molecule has 0 amide bonds. The predicted molar refractivity (Wildman–Crippen MR) is 71.6 cm³/mol. The molecule has 2 aromatic carbocycles. The third kappa shape index (κ3) is 2.24. The first kappa shape index (κ1) is 11.6. The van der Waals surface area contributed by atoms with Crippen molar-refractivity contribution in [1.82, 2.24) is 0 Å². The Bertz CT molecular complexity index is 563. The summed E-state index contributed by atoms with van der Waals surface area (Å²) in [7, 11) is -1.09. The van der Waals surface area contributed by atoms with Crippen LogP contribution in [0.5, 0.6) is 0 Å². The highest BCUT2D eigenvalue weighted by Crippen LogP contribution is 2.42. The minimum absolute atomic E-state index is 0.0201. The van der Waals surface area contributed by atoms with E-state index in [2.05, 4.69) is 0 Å². The maximum atomic E-state index is 12.3. The van der Waals surface area contributed by atoms with Gasteiger partial charge in [0.15, 0.2) is 5.44 Å². The van der Waals surface area contributed by atoms with Gasteiger partial charge in [-0.3, -0.25) is 4.21 Å². The highest BCUT2D eigenvalue weighted by molar-refractivity contribution is 7.85. The lowest BCUT2D eigenvalue weighted by atomic mass is 10.2. The van der Waals surface area contributed by atoms with Crippen LogP contribution in [0.1, 0.15) is 17.2 Å². The minimum Gasteiger partial charge on any atom is -0.350 e. The molecule has 0 N–H and O–H groups in total. The second-order valence-electron chi connectivity index (χ2n) is 4.45. The van der Waals surface area contributed by atoms with Crippen LogP contribution < -0.4 is 0 Å². The van der Waals surface area contributed by atoms with Crippen molar-refractivity contribution < 1.29 is 8.95 Å². The number of epoxide rings is 1. The van der Waals surface area contributed by atoms with Crippen molar-refractivity contribution in [1.29, 1.82) is 0 Å². The van der Waals surface area contributed by atoms with Crippen molar-refractivity contribution in [3.63, 3.8) is 0 Å². The van der Waals surface area contributed by atoms with E-state index in [-0.39, 0.29) is 11.5 Å². The normalized spacial score (nSPS) is 23.6. The van der Waals surface area contributed by atoms with Gasteiger partial charge in [0.2, 0.25) is 0 Å². The predicted octanol–water partition coefficient (Wildman–Crippen LogP) is 3.20. The fraction of sp³-hybridized carbons (Fsp3) is 0.200. The molecule has 1 saturated heterocycles. The largest absolute Gasteiger partial charge is 0.350 e. The summed E-state index contributed by atoms with van der Waals surface area (Å²) in [6.07, 6.45) is -0.0201. The molecule has 3 rings (SSSR count). The number of benzene rings is 2. The molecule has 1 aliphatic heterocycles. The molecule has 0 bridgehead atoms. The first-order chi connectivity index (χ1) is 8.75. The fourth-order valence-electron chi connectivity index (χ4n) is 1.95. The van der Waals surface area contributed by atoms with Gasteiger partial charge in [-0.2, -0.15) is 0 Å². The van der Waals surface area contributed by atoms with Gasteiger partial charge >= 0.3 is 0 Å². The summed E-state index contributed by atoms with van der Waals surface area (Å²) in [5, 5.41) is 0. The summed E-state index contributed by atoms with van der Waals surface area (Å²) >= 11 is 0. The first-order valence-electron chi connectivity index (χ1n) is 5.93. The lowest BCUT2D eigenvalue weighted by Crippen LogP contribution is -2.00. The van der Waals surface area contributed by atoms with E-state index in [0.717, 1.165) is 10.5 Å². The van der Waals surface area contributed by atoms with Gasteiger partial charge in [-0.15, -0.1) is 0 Å². The zero-order chi connectivity index (χ0) is 12.5. The molecule has 1 fully saturated rings. The molecule has 92 valence electrons. The molecule has 0 aliphatic carbocycles. The molecule has 3 atom stereocenters. The van der Waals surface area contributed by atoms with Gasteiger partial charge in [0.05, 0.1) is 10.8 Å². The standard InChI is InChI=1S/C15H14O2S/c1-11-7-9-13(10-8-11)18(16)15-14(17-15)12-5-3-2-4-6-12/h2-10,14-15H,1H3/t14-,15-,18?/m0/s1. The third-order valence-corrected chi connectivity index (χ3v) is 4.56. The molecule has 3 heteroatoms.